The summed E-state index contributed by atoms with van der Waals surface area (Å²) in [5.41, 5.74) is 3.98. The van der Waals surface area contributed by atoms with Gasteiger partial charge in [-0.25, -0.2) is 4.79 Å². The van der Waals surface area contributed by atoms with Gasteiger partial charge in [-0.3, -0.25) is 9.59 Å². The second-order valence-electron chi connectivity index (χ2n) is 6.70. The fourth-order valence-electron chi connectivity index (χ4n) is 4.22. The molecule has 0 radical (unpaired) electrons. The smallest absolute Gasteiger partial charge is 0.355 e. The zero-order valence-corrected chi connectivity index (χ0v) is 14.6. The fourth-order valence-corrected chi connectivity index (χ4v) is 4.22. The zero-order valence-electron chi connectivity index (χ0n) is 14.6. The summed E-state index contributed by atoms with van der Waals surface area (Å²) in [4.78, 5) is 39.2. The number of hydrogen-bond acceptors (Lipinski definition) is 4. The summed E-state index contributed by atoms with van der Waals surface area (Å²) in [6, 6.07) is 14.5. The van der Waals surface area contributed by atoms with Crippen molar-refractivity contribution in [1.29, 1.82) is 0 Å². The predicted molar refractivity (Wildman–Crippen MR) is 98.2 cm³/mol. The first-order valence-electron chi connectivity index (χ1n) is 8.75. The number of methoxy groups -OCH3 is 1. The van der Waals surface area contributed by atoms with Crippen molar-refractivity contribution in [3.05, 3.63) is 82.0 Å². The second-order valence-corrected chi connectivity index (χ2v) is 6.70. The molecule has 5 nitrogen and oxygen atoms in total. The van der Waals surface area contributed by atoms with Crippen LogP contribution in [-0.4, -0.2) is 29.2 Å². The average molecular weight is 357 g/mol. The molecule has 0 saturated carbocycles. The molecule has 2 heterocycles. The lowest BCUT2D eigenvalue weighted by atomic mass is 9.83. The number of ether oxygens (including phenoxy) is 1. The van der Waals surface area contributed by atoms with E-state index in [4.69, 9.17) is 4.74 Å². The van der Waals surface area contributed by atoms with Crippen molar-refractivity contribution in [2.45, 2.75) is 13.0 Å². The molecule has 0 spiro atoms. The van der Waals surface area contributed by atoms with Crippen LogP contribution in [0.25, 0.3) is 11.3 Å². The van der Waals surface area contributed by atoms with Crippen LogP contribution in [0.15, 0.2) is 48.5 Å². The monoisotopic (exact) mass is 357 g/mol. The number of rotatable bonds is 1. The summed E-state index contributed by atoms with van der Waals surface area (Å²) >= 11 is 0. The maximum absolute atomic E-state index is 13.3. The van der Waals surface area contributed by atoms with E-state index in [1.807, 2.05) is 24.3 Å². The van der Waals surface area contributed by atoms with Gasteiger partial charge in [-0.15, -0.1) is 0 Å². The fraction of sp³-hybridized carbons (Fsp3) is 0.136. The average Bonchev–Trinajstić information content (AvgIpc) is 3.07. The van der Waals surface area contributed by atoms with E-state index in [-0.39, 0.29) is 22.8 Å². The van der Waals surface area contributed by atoms with E-state index in [9.17, 15) is 14.4 Å². The highest BCUT2D eigenvalue weighted by Gasteiger charge is 2.41. The number of esters is 1. The highest BCUT2D eigenvalue weighted by Crippen LogP contribution is 2.42. The molecule has 27 heavy (non-hydrogen) atoms. The van der Waals surface area contributed by atoms with Crippen LogP contribution in [0, 0.1) is 0 Å². The van der Waals surface area contributed by atoms with Gasteiger partial charge < -0.3 is 9.30 Å². The Balaban J connectivity index is 1.92. The molecule has 1 aliphatic carbocycles. The Morgan fingerprint density at radius 3 is 2.15 bits per heavy atom. The molecule has 0 atom stereocenters. The summed E-state index contributed by atoms with van der Waals surface area (Å²) in [5, 5.41) is 0. The van der Waals surface area contributed by atoms with Gasteiger partial charge in [-0.05, 0) is 12.0 Å². The third-order valence-electron chi connectivity index (χ3n) is 5.39. The Hall–Kier alpha value is -3.47. The molecule has 5 heteroatoms. The maximum Gasteiger partial charge on any atom is 0.355 e. The molecule has 2 aliphatic rings. The van der Waals surface area contributed by atoms with Crippen LogP contribution in [0.5, 0.6) is 0 Å². The Morgan fingerprint density at radius 2 is 1.48 bits per heavy atom. The van der Waals surface area contributed by atoms with Crippen LogP contribution in [0.4, 0.5) is 0 Å². The van der Waals surface area contributed by atoms with Gasteiger partial charge in [-0.1, -0.05) is 48.5 Å². The van der Waals surface area contributed by atoms with Crippen LogP contribution in [0.1, 0.15) is 47.9 Å². The van der Waals surface area contributed by atoms with Crippen LogP contribution >= 0.6 is 0 Å². The molecule has 0 saturated heterocycles. The summed E-state index contributed by atoms with van der Waals surface area (Å²) in [5.74, 6) is -1.13. The van der Waals surface area contributed by atoms with Crippen LogP contribution in [0.3, 0.4) is 0 Å². The summed E-state index contributed by atoms with van der Waals surface area (Å²) in [7, 11) is 1.29. The molecule has 0 N–H and O–H groups in total. The van der Waals surface area contributed by atoms with Crippen LogP contribution in [-0.2, 0) is 17.7 Å². The van der Waals surface area contributed by atoms with Crippen LogP contribution in [0.2, 0.25) is 0 Å². The molecule has 0 amide bonds. The minimum atomic E-state index is -0.600. The molecule has 3 aromatic rings. The van der Waals surface area contributed by atoms with Crippen molar-refractivity contribution in [1.82, 2.24) is 4.57 Å². The van der Waals surface area contributed by atoms with E-state index in [1.165, 1.54) is 7.11 Å². The number of carbonyl (C=O) groups excluding carboxylic acids is 3. The van der Waals surface area contributed by atoms with Gasteiger partial charge in [0.05, 0.1) is 23.9 Å². The molecule has 0 fully saturated rings. The minimum absolute atomic E-state index is 0.164. The lowest BCUT2D eigenvalue weighted by molar-refractivity contribution is 0.0585. The van der Waals surface area contributed by atoms with Gasteiger partial charge in [0.2, 0.25) is 0 Å². The Labute approximate surface area is 155 Å². The standard InChI is InChI=1S/C22H15NO4/c1-27-22(26)19-17-16(20(24)14-8-4-5-9-15(14)21(17)25)18-13-7-3-2-6-12(13)10-11-23(18)19/h2-9H,10-11H2,1H3. The van der Waals surface area contributed by atoms with Crippen molar-refractivity contribution in [2.24, 2.45) is 0 Å². The largest absolute Gasteiger partial charge is 0.464 e. The lowest BCUT2D eigenvalue weighted by Gasteiger charge is -2.21. The van der Waals surface area contributed by atoms with E-state index in [2.05, 4.69) is 0 Å². The third kappa shape index (κ3) is 1.96. The van der Waals surface area contributed by atoms with E-state index in [0.717, 1.165) is 17.5 Å². The van der Waals surface area contributed by atoms with Gasteiger partial charge in [0.1, 0.15) is 5.69 Å². The van der Waals surface area contributed by atoms with Gasteiger partial charge in [0, 0.05) is 23.2 Å². The molecular weight excluding hydrogens is 342 g/mol. The lowest BCUT2D eigenvalue weighted by Crippen LogP contribution is -2.22. The van der Waals surface area contributed by atoms with Crippen molar-refractivity contribution in [2.75, 3.05) is 7.11 Å². The molecule has 0 unspecified atom stereocenters. The maximum atomic E-state index is 13.3. The van der Waals surface area contributed by atoms with Gasteiger partial charge in [-0.2, -0.15) is 0 Å². The molecule has 132 valence electrons. The van der Waals surface area contributed by atoms with Crippen molar-refractivity contribution in [3.63, 3.8) is 0 Å². The zero-order chi connectivity index (χ0) is 18.7. The normalized spacial score (nSPS) is 14.1. The summed E-state index contributed by atoms with van der Waals surface area (Å²) in [6.45, 7) is 0.515. The second kappa shape index (κ2) is 5.51. The van der Waals surface area contributed by atoms with E-state index >= 15 is 0 Å². The number of nitrogens with zero attached hydrogens (tertiary/aromatic N) is 1. The number of fused-ring (bicyclic) bond motifs is 6. The highest BCUT2D eigenvalue weighted by molar-refractivity contribution is 6.32. The number of aromatic nitrogens is 1. The number of ketones is 2. The summed E-state index contributed by atoms with van der Waals surface area (Å²) < 4.78 is 6.74. The molecular formula is C22H15NO4. The quantitative estimate of drug-likeness (QED) is 0.491. The van der Waals surface area contributed by atoms with E-state index < -0.39 is 5.97 Å². The van der Waals surface area contributed by atoms with E-state index in [1.54, 1.807) is 28.8 Å². The van der Waals surface area contributed by atoms with Crippen molar-refractivity contribution in [3.8, 4) is 11.3 Å². The number of carbonyl (C=O) groups is 3. The van der Waals surface area contributed by atoms with Gasteiger partial charge in [0.25, 0.3) is 0 Å². The molecule has 5 rings (SSSR count). The summed E-state index contributed by atoms with van der Waals surface area (Å²) in [6.07, 6.45) is 0.718. The van der Waals surface area contributed by atoms with Crippen LogP contribution < -0.4 is 0 Å². The first kappa shape index (κ1) is 15.8. The van der Waals surface area contributed by atoms with Crippen molar-refractivity contribution < 1.29 is 19.1 Å². The minimum Gasteiger partial charge on any atom is -0.464 e. The SMILES string of the molecule is COC(=O)c1c2c(c3n1CCc1ccccc1-3)C(=O)c1ccccc1C2=O. The number of aryl methyl sites for hydroxylation is 1. The first-order chi connectivity index (χ1) is 13.1. The Bertz CT molecular complexity index is 1170. The van der Waals surface area contributed by atoms with E-state index in [0.29, 0.717) is 28.9 Å². The molecule has 0 bridgehead atoms. The topological polar surface area (TPSA) is 65.4 Å². The Kier molecular flexibility index (Phi) is 3.22. The number of hydrogen-bond donors (Lipinski definition) is 0. The van der Waals surface area contributed by atoms with Gasteiger partial charge in [0.15, 0.2) is 11.6 Å². The van der Waals surface area contributed by atoms with Crippen molar-refractivity contribution >= 4 is 17.5 Å². The first-order valence-corrected chi connectivity index (χ1v) is 8.75. The highest BCUT2D eigenvalue weighted by atomic mass is 16.5. The molecule has 1 aromatic heterocycles. The Morgan fingerprint density at radius 1 is 0.889 bits per heavy atom. The number of benzene rings is 2. The van der Waals surface area contributed by atoms with Gasteiger partial charge >= 0.3 is 5.97 Å². The molecule has 2 aromatic carbocycles. The third-order valence-corrected chi connectivity index (χ3v) is 5.39. The predicted octanol–water partition coefficient (Wildman–Crippen LogP) is 3.27. The molecule has 1 aliphatic heterocycles.